The molecule has 1 aromatic carbocycles. The van der Waals surface area contributed by atoms with Crippen molar-refractivity contribution in [2.75, 3.05) is 13.1 Å². The molecule has 0 bridgehead atoms. The highest BCUT2D eigenvalue weighted by molar-refractivity contribution is 7.89. The van der Waals surface area contributed by atoms with Crippen molar-refractivity contribution in [3.05, 3.63) is 30.2 Å². The Morgan fingerprint density at radius 3 is 2.91 bits per heavy atom. The molecule has 0 unspecified atom stereocenters. The van der Waals surface area contributed by atoms with Gasteiger partial charge >= 0.3 is 0 Å². The van der Waals surface area contributed by atoms with E-state index in [0.717, 1.165) is 0 Å². The lowest BCUT2D eigenvalue weighted by Crippen LogP contribution is -2.36. The van der Waals surface area contributed by atoms with Gasteiger partial charge in [0.1, 0.15) is 0 Å². The van der Waals surface area contributed by atoms with Gasteiger partial charge in [0.25, 0.3) is 0 Å². The number of nitriles is 1. The summed E-state index contributed by atoms with van der Waals surface area (Å²) in [5.74, 6) is 0.685. The van der Waals surface area contributed by atoms with Gasteiger partial charge in [-0.05, 0) is 24.6 Å². The summed E-state index contributed by atoms with van der Waals surface area (Å²) in [5, 5.41) is 16.5. The van der Waals surface area contributed by atoms with Crippen molar-refractivity contribution in [2.24, 2.45) is 0 Å². The molecule has 1 aliphatic heterocycles. The zero-order valence-corrected chi connectivity index (χ0v) is 13.2. The molecule has 2 heterocycles. The summed E-state index contributed by atoms with van der Waals surface area (Å²) in [5.41, 5.74) is 0.540. The maximum absolute atomic E-state index is 12.5. The Bertz CT molecular complexity index is 855. The van der Waals surface area contributed by atoms with Crippen molar-refractivity contribution in [3.63, 3.8) is 0 Å². The number of sulfonamides is 1. The Balaban J connectivity index is 1.82. The maximum Gasteiger partial charge on any atom is 0.247 e. The molecule has 0 spiro atoms. The molecule has 23 heavy (non-hydrogen) atoms. The zero-order chi connectivity index (χ0) is 16.4. The summed E-state index contributed by atoms with van der Waals surface area (Å²) < 4.78 is 32.9. The molecule has 9 heteroatoms. The van der Waals surface area contributed by atoms with E-state index < -0.39 is 10.0 Å². The van der Waals surface area contributed by atoms with Crippen LogP contribution < -0.4 is 4.72 Å². The molecule has 0 aliphatic carbocycles. The normalized spacial score (nSPS) is 18.1. The molecule has 1 fully saturated rings. The highest BCUT2D eigenvalue weighted by Gasteiger charge is 2.27. The number of likely N-dealkylation sites (tertiary alicyclic amines) is 1. The number of nitrogens with one attached hydrogen (secondary N) is 1. The molecule has 3 rings (SSSR count). The first-order valence-electron chi connectivity index (χ1n) is 7.05. The van der Waals surface area contributed by atoms with Crippen LogP contribution in [0, 0.1) is 18.4 Å². The molecule has 8 nitrogen and oxygen atoms in total. The summed E-state index contributed by atoms with van der Waals surface area (Å²) >= 11 is 0. The van der Waals surface area contributed by atoms with E-state index >= 15 is 0 Å². The molecule has 1 aliphatic rings. The van der Waals surface area contributed by atoms with E-state index in [1.807, 2.05) is 6.19 Å². The highest BCUT2D eigenvalue weighted by atomic mass is 32.2. The van der Waals surface area contributed by atoms with Gasteiger partial charge in [-0.15, -0.1) is 10.2 Å². The van der Waals surface area contributed by atoms with Crippen LogP contribution in [0.2, 0.25) is 0 Å². The van der Waals surface area contributed by atoms with E-state index in [1.165, 1.54) is 17.0 Å². The first kappa shape index (κ1) is 15.5. The van der Waals surface area contributed by atoms with Gasteiger partial charge in [-0.25, -0.2) is 13.1 Å². The number of aryl methyl sites for hydroxylation is 1. The van der Waals surface area contributed by atoms with Gasteiger partial charge in [0, 0.05) is 31.6 Å². The standard InChI is InChI=1S/C14H15N5O3S/c1-10-16-17-14(22-10)11-3-2-4-13(7-11)23(20,21)18-12-5-6-19(8-12)9-15/h2-4,7,12,18H,5-6,8H2,1H3/t12-/m1/s1. The van der Waals surface area contributed by atoms with Gasteiger partial charge in [-0.1, -0.05) is 6.07 Å². The summed E-state index contributed by atoms with van der Waals surface area (Å²) in [6, 6.07) is 6.06. The Morgan fingerprint density at radius 2 is 2.26 bits per heavy atom. The molecular weight excluding hydrogens is 318 g/mol. The summed E-state index contributed by atoms with van der Waals surface area (Å²) in [7, 11) is -3.67. The molecule has 0 radical (unpaired) electrons. The van der Waals surface area contributed by atoms with Crippen molar-refractivity contribution in [1.29, 1.82) is 5.26 Å². The second kappa shape index (κ2) is 5.98. The van der Waals surface area contributed by atoms with Crippen LogP contribution in [-0.4, -0.2) is 42.6 Å². The lowest BCUT2D eigenvalue weighted by molar-refractivity contribution is 0.470. The first-order valence-corrected chi connectivity index (χ1v) is 8.54. The molecule has 1 aromatic heterocycles. The van der Waals surface area contributed by atoms with Crippen molar-refractivity contribution in [3.8, 4) is 17.6 Å². The predicted molar refractivity (Wildman–Crippen MR) is 80.4 cm³/mol. The molecular formula is C14H15N5O3S. The van der Waals surface area contributed by atoms with Crippen molar-refractivity contribution in [2.45, 2.75) is 24.3 Å². The Hall–Kier alpha value is -2.44. The summed E-state index contributed by atoms with van der Waals surface area (Å²) in [6.45, 7) is 2.61. The molecule has 1 saturated heterocycles. The van der Waals surface area contributed by atoms with Gasteiger partial charge in [0.05, 0.1) is 4.90 Å². The van der Waals surface area contributed by atoms with Gasteiger partial charge in [0.15, 0.2) is 6.19 Å². The van der Waals surface area contributed by atoms with Crippen LogP contribution in [0.5, 0.6) is 0 Å². The quantitative estimate of drug-likeness (QED) is 0.826. The highest BCUT2D eigenvalue weighted by Crippen LogP contribution is 2.22. The zero-order valence-electron chi connectivity index (χ0n) is 12.4. The van der Waals surface area contributed by atoms with Crippen LogP contribution in [-0.2, 0) is 10.0 Å². The molecule has 0 saturated carbocycles. The lowest BCUT2D eigenvalue weighted by Gasteiger charge is -2.13. The monoisotopic (exact) mass is 333 g/mol. The Kier molecular flexibility index (Phi) is 4.02. The molecule has 0 amide bonds. The third kappa shape index (κ3) is 3.33. The van der Waals surface area contributed by atoms with Crippen LogP contribution >= 0.6 is 0 Å². The fourth-order valence-corrected chi connectivity index (χ4v) is 3.75. The van der Waals surface area contributed by atoms with Crippen LogP contribution in [0.1, 0.15) is 12.3 Å². The Morgan fingerprint density at radius 1 is 1.43 bits per heavy atom. The van der Waals surface area contributed by atoms with Gasteiger partial charge in [0.2, 0.25) is 21.8 Å². The molecule has 1 atom stereocenters. The summed E-state index contributed by atoms with van der Waals surface area (Å²) in [6.07, 6.45) is 2.63. The third-order valence-corrected chi connectivity index (χ3v) is 5.09. The molecule has 120 valence electrons. The lowest BCUT2D eigenvalue weighted by atomic mass is 10.2. The largest absolute Gasteiger partial charge is 0.421 e. The average Bonchev–Trinajstić information content (AvgIpc) is 3.16. The van der Waals surface area contributed by atoms with Gasteiger partial charge in [-0.3, -0.25) is 0 Å². The first-order chi connectivity index (χ1) is 11.0. The second-order valence-electron chi connectivity index (χ2n) is 5.31. The molecule has 1 N–H and O–H groups in total. The van der Waals surface area contributed by atoms with Crippen LogP contribution in [0.4, 0.5) is 0 Å². The van der Waals surface area contributed by atoms with Crippen molar-refractivity contribution >= 4 is 10.0 Å². The van der Waals surface area contributed by atoms with E-state index in [4.69, 9.17) is 9.68 Å². The Labute approximate surface area is 133 Å². The number of aromatic nitrogens is 2. The fourth-order valence-electron chi connectivity index (χ4n) is 2.44. The number of rotatable bonds is 4. The van der Waals surface area contributed by atoms with Crippen molar-refractivity contribution < 1.29 is 12.8 Å². The van der Waals surface area contributed by atoms with Gasteiger partial charge in [-0.2, -0.15) is 5.26 Å². The van der Waals surface area contributed by atoms with E-state index in [1.54, 1.807) is 19.1 Å². The fraction of sp³-hybridized carbons (Fsp3) is 0.357. The minimum atomic E-state index is -3.67. The van der Waals surface area contributed by atoms with Crippen molar-refractivity contribution in [1.82, 2.24) is 19.8 Å². The minimum absolute atomic E-state index is 0.126. The predicted octanol–water partition coefficient (Wildman–Crippen LogP) is 0.879. The maximum atomic E-state index is 12.5. The van der Waals surface area contributed by atoms with E-state index in [9.17, 15) is 8.42 Å². The average molecular weight is 333 g/mol. The van der Waals surface area contributed by atoms with Crippen LogP contribution in [0.15, 0.2) is 33.6 Å². The topological polar surface area (TPSA) is 112 Å². The minimum Gasteiger partial charge on any atom is -0.421 e. The second-order valence-corrected chi connectivity index (χ2v) is 7.02. The molecule has 2 aromatic rings. The summed E-state index contributed by atoms with van der Waals surface area (Å²) in [4.78, 5) is 1.66. The third-order valence-electron chi connectivity index (χ3n) is 3.57. The number of benzene rings is 1. The number of hydrogen-bond donors (Lipinski definition) is 1. The van der Waals surface area contributed by atoms with E-state index in [2.05, 4.69) is 14.9 Å². The SMILES string of the molecule is Cc1nnc(-c2cccc(S(=O)(=O)N[C@@H]3CCN(C#N)C3)c2)o1. The van der Waals surface area contributed by atoms with E-state index in [0.29, 0.717) is 31.0 Å². The van der Waals surface area contributed by atoms with E-state index in [-0.39, 0.29) is 16.8 Å². The van der Waals surface area contributed by atoms with Crippen LogP contribution in [0.3, 0.4) is 0 Å². The number of nitrogens with zero attached hydrogens (tertiary/aromatic N) is 4. The smallest absolute Gasteiger partial charge is 0.247 e. The number of hydrogen-bond acceptors (Lipinski definition) is 7. The van der Waals surface area contributed by atoms with Crippen LogP contribution in [0.25, 0.3) is 11.5 Å². The van der Waals surface area contributed by atoms with Gasteiger partial charge < -0.3 is 9.32 Å².